The van der Waals surface area contributed by atoms with E-state index in [9.17, 15) is 4.79 Å². The first-order valence-electron chi connectivity index (χ1n) is 8.12. The Bertz CT molecular complexity index is 882. The number of benzene rings is 1. The molecule has 0 spiro atoms. The number of aromatic nitrogens is 4. The highest BCUT2D eigenvalue weighted by Gasteiger charge is 2.15. The molecule has 6 nitrogen and oxygen atoms in total. The Hall–Kier alpha value is -2.32. The molecule has 3 rings (SSSR count). The van der Waals surface area contributed by atoms with Gasteiger partial charge < -0.3 is 9.88 Å². The number of pyridine rings is 1. The van der Waals surface area contributed by atoms with Crippen LogP contribution in [0.15, 0.2) is 58.8 Å². The lowest BCUT2D eigenvalue weighted by molar-refractivity contribution is -0.113. The summed E-state index contributed by atoms with van der Waals surface area (Å²) in [4.78, 5) is 16.4. The Kier molecular flexibility index (Phi) is 6.30. The second kappa shape index (κ2) is 8.86. The van der Waals surface area contributed by atoms with Crippen LogP contribution in [0.1, 0.15) is 6.92 Å². The molecule has 0 saturated carbocycles. The molecule has 0 radical (unpaired) electrons. The Labute approximate surface area is 160 Å². The van der Waals surface area contributed by atoms with Gasteiger partial charge in [0, 0.05) is 24.0 Å². The van der Waals surface area contributed by atoms with Crippen LogP contribution in [-0.4, -0.2) is 37.7 Å². The number of nitrogens with one attached hydrogen (secondary N) is 1. The van der Waals surface area contributed by atoms with Gasteiger partial charge >= 0.3 is 0 Å². The third-order valence-corrected chi connectivity index (χ3v) is 5.23. The standard InChI is InChI=1S/C18H19N5OS2/c1-3-23-17(13-9-10-19-16(11-13)25-2)21-22-18(23)26-12-15(24)20-14-7-5-4-6-8-14/h4-11H,3,12H2,1-2H3,(H,20,24). The van der Waals surface area contributed by atoms with E-state index in [0.717, 1.165) is 33.8 Å². The zero-order valence-electron chi connectivity index (χ0n) is 14.5. The van der Waals surface area contributed by atoms with Gasteiger partial charge in [-0.2, -0.15) is 0 Å². The molecule has 0 aliphatic heterocycles. The van der Waals surface area contributed by atoms with Crippen molar-refractivity contribution in [3.63, 3.8) is 0 Å². The molecule has 8 heteroatoms. The van der Waals surface area contributed by atoms with Crippen molar-refractivity contribution in [2.45, 2.75) is 23.7 Å². The summed E-state index contributed by atoms with van der Waals surface area (Å²) in [5.41, 5.74) is 1.76. The first-order valence-corrected chi connectivity index (χ1v) is 10.3. The van der Waals surface area contributed by atoms with Crippen molar-refractivity contribution in [3.8, 4) is 11.4 Å². The third-order valence-electron chi connectivity index (χ3n) is 3.63. The Balaban J connectivity index is 1.71. The average Bonchev–Trinajstić information content (AvgIpc) is 3.10. The number of hydrogen-bond donors (Lipinski definition) is 1. The largest absolute Gasteiger partial charge is 0.325 e. The Morgan fingerprint density at radius 1 is 1.19 bits per heavy atom. The van der Waals surface area contributed by atoms with E-state index in [-0.39, 0.29) is 11.7 Å². The van der Waals surface area contributed by atoms with Crippen molar-refractivity contribution in [3.05, 3.63) is 48.7 Å². The minimum Gasteiger partial charge on any atom is -0.325 e. The molecule has 1 aromatic carbocycles. The fourth-order valence-electron chi connectivity index (χ4n) is 2.40. The number of anilines is 1. The second-order valence-electron chi connectivity index (χ2n) is 5.34. The van der Waals surface area contributed by atoms with Crippen LogP contribution in [0.5, 0.6) is 0 Å². The number of para-hydroxylation sites is 1. The van der Waals surface area contributed by atoms with E-state index < -0.39 is 0 Å². The van der Waals surface area contributed by atoms with E-state index in [0.29, 0.717) is 0 Å². The summed E-state index contributed by atoms with van der Waals surface area (Å²) < 4.78 is 2.01. The third kappa shape index (κ3) is 4.44. The van der Waals surface area contributed by atoms with Gasteiger partial charge in [0.2, 0.25) is 5.91 Å². The average molecular weight is 386 g/mol. The van der Waals surface area contributed by atoms with Crippen LogP contribution in [0.4, 0.5) is 5.69 Å². The predicted octanol–water partition coefficient (Wildman–Crippen LogP) is 3.81. The van der Waals surface area contributed by atoms with Crippen molar-refractivity contribution in [1.82, 2.24) is 19.7 Å². The van der Waals surface area contributed by atoms with E-state index in [2.05, 4.69) is 20.5 Å². The molecule has 0 aliphatic carbocycles. The maximum Gasteiger partial charge on any atom is 0.234 e. The summed E-state index contributed by atoms with van der Waals surface area (Å²) in [6.45, 7) is 2.76. The molecule has 0 fully saturated rings. The lowest BCUT2D eigenvalue weighted by Gasteiger charge is -2.08. The van der Waals surface area contributed by atoms with Gasteiger partial charge in [-0.1, -0.05) is 30.0 Å². The predicted molar refractivity (Wildman–Crippen MR) is 107 cm³/mol. The number of thioether (sulfide) groups is 2. The fourth-order valence-corrected chi connectivity index (χ4v) is 3.62. The highest BCUT2D eigenvalue weighted by molar-refractivity contribution is 7.99. The molecule has 0 unspecified atom stereocenters. The molecule has 0 aliphatic rings. The van der Waals surface area contributed by atoms with Gasteiger partial charge in [-0.15, -0.1) is 22.0 Å². The summed E-state index contributed by atoms with van der Waals surface area (Å²) in [6, 6.07) is 13.3. The van der Waals surface area contributed by atoms with Crippen LogP contribution in [0.25, 0.3) is 11.4 Å². The monoisotopic (exact) mass is 385 g/mol. The molecule has 134 valence electrons. The molecule has 0 atom stereocenters. The summed E-state index contributed by atoms with van der Waals surface area (Å²) in [6.07, 6.45) is 3.76. The smallest absolute Gasteiger partial charge is 0.234 e. The quantitative estimate of drug-likeness (QED) is 0.624. The lowest BCUT2D eigenvalue weighted by atomic mass is 10.2. The summed E-state index contributed by atoms with van der Waals surface area (Å²) in [5, 5.41) is 13.1. The number of carbonyl (C=O) groups is 1. The van der Waals surface area contributed by atoms with Gasteiger partial charge in [-0.05, 0) is 37.4 Å². The van der Waals surface area contributed by atoms with Crippen molar-refractivity contribution < 1.29 is 4.79 Å². The SMILES string of the molecule is CCn1c(SCC(=O)Nc2ccccc2)nnc1-c1ccnc(SC)c1. The first kappa shape index (κ1) is 18.5. The normalized spacial score (nSPS) is 10.7. The number of amides is 1. The van der Waals surface area contributed by atoms with Gasteiger partial charge in [0.25, 0.3) is 0 Å². The molecule has 0 bridgehead atoms. The van der Waals surface area contributed by atoms with Crippen molar-refractivity contribution in [2.75, 3.05) is 17.3 Å². The van der Waals surface area contributed by atoms with E-state index >= 15 is 0 Å². The molecule has 26 heavy (non-hydrogen) atoms. The highest BCUT2D eigenvalue weighted by atomic mass is 32.2. The van der Waals surface area contributed by atoms with Crippen LogP contribution >= 0.6 is 23.5 Å². The van der Waals surface area contributed by atoms with Gasteiger partial charge in [0.05, 0.1) is 10.8 Å². The lowest BCUT2D eigenvalue weighted by Crippen LogP contribution is -2.14. The van der Waals surface area contributed by atoms with Crippen LogP contribution in [-0.2, 0) is 11.3 Å². The van der Waals surface area contributed by atoms with Crippen molar-refractivity contribution in [2.24, 2.45) is 0 Å². The molecule has 1 amide bonds. The minimum absolute atomic E-state index is 0.0676. The molecular weight excluding hydrogens is 366 g/mol. The number of nitrogens with zero attached hydrogens (tertiary/aromatic N) is 4. The van der Waals surface area contributed by atoms with Crippen LogP contribution < -0.4 is 5.32 Å². The molecule has 2 aromatic heterocycles. The molecule has 2 heterocycles. The van der Waals surface area contributed by atoms with E-state index in [4.69, 9.17) is 0 Å². The van der Waals surface area contributed by atoms with Gasteiger partial charge in [-0.25, -0.2) is 4.98 Å². The van der Waals surface area contributed by atoms with E-state index in [1.165, 1.54) is 11.8 Å². The highest BCUT2D eigenvalue weighted by Crippen LogP contribution is 2.25. The van der Waals surface area contributed by atoms with E-state index in [1.54, 1.807) is 18.0 Å². The molecule has 0 saturated heterocycles. The van der Waals surface area contributed by atoms with Gasteiger partial charge in [-0.3, -0.25) is 4.79 Å². The summed E-state index contributed by atoms with van der Waals surface area (Å²) in [5.74, 6) is 0.998. The van der Waals surface area contributed by atoms with Crippen LogP contribution in [0.3, 0.4) is 0 Å². The minimum atomic E-state index is -0.0676. The summed E-state index contributed by atoms with van der Waals surface area (Å²) in [7, 11) is 0. The van der Waals surface area contributed by atoms with Crippen molar-refractivity contribution in [1.29, 1.82) is 0 Å². The van der Waals surface area contributed by atoms with E-state index in [1.807, 2.05) is 60.2 Å². The molecule has 3 aromatic rings. The maximum absolute atomic E-state index is 12.1. The maximum atomic E-state index is 12.1. The number of rotatable bonds is 7. The first-order chi connectivity index (χ1) is 12.7. The zero-order valence-corrected chi connectivity index (χ0v) is 16.2. The molecular formula is C18H19N5OS2. The van der Waals surface area contributed by atoms with Gasteiger partial charge in [0.1, 0.15) is 0 Å². The fraction of sp³-hybridized carbons (Fsp3) is 0.222. The topological polar surface area (TPSA) is 72.7 Å². The Morgan fingerprint density at radius 2 is 2.00 bits per heavy atom. The van der Waals surface area contributed by atoms with Crippen LogP contribution in [0, 0.1) is 0 Å². The molecule has 1 N–H and O–H groups in total. The van der Waals surface area contributed by atoms with Gasteiger partial charge in [0.15, 0.2) is 11.0 Å². The zero-order chi connectivity index (χ0) is 18.4. The Morgan fingerprint density at radius 3 is 2.73 bits per heavy atom. The number of hydrogen-bond acceptors (Lipinski definition) is 6. The second-order valence-corrected chi connectivity index (χ2v) is 7.11. The van der Waals surface area contributed by atoms with Crippen LogP contribution in [0.2, 0.25) is 0 Å². The summed E-state index contributed by atoms with van der Waals surface area (Å²) >= 11 is 2.97. The number of carbonyl (C=O) groups excluding carboxylic acids is 1. The van der Waals surface area contributed by atoms with Crippen molar-refractivity contribution >= 4 is 35.1 Å².